The maximum absolute atomic E-state index is 12.4. The number of nitrogens with zero attached hydrogens (tertiary/aromatic N) is 2. The molecule has 3 amide bonds. The van der Waals surface area contributed by atoms with E-state index in [2.05, 4.69) is 15.6 Å². The molecule has 2 aliphatic rings. The van der Waals surface area contributed by atoms with E-state index in [1.807, 2.05) is 0 Å². The Kier molecular flexibility index (Phi) is 5.17. The SMILES string of the molecule is Nc1ccc(NC(=O)C2CCCN(C(=O)NC3CCCC3)C2)cn1. The summed E-state index contributed by atoms with van der Waals surface area (Å²) in [5, 5.41) is 5.95. The summed E-state index contributed by atoms with van der Waals surface area (Å²) in [5.74, 6) is 0.158. The highest BCUT2D eigenvalue weighted by Gasteiger charge is 2.29. The normalized spacial score (nSPS) is 21.5. The molecule has 1 aliphatic carbocycles. The Hall–Kier alpha value is -2.31. The lowest BCUT2D eigenvalue weighted by Crippen LogP contribution is -2.49. The highest BCUT2D eigenvalue weighted by molar-refractivity contribution is 5.93. The molecule has 0 spiro atoms. The first-order valence-corrected chi connectivity index (χ1v) is 8.69. The zero-order valence-corrected chi connectivity index (χ0v) is 13.8. The van der Waals surface area contributed by atoms with Crippen LogP contribution in [0.1, 0.15) is 38.5 Å². The van der Waals surface area contributed by atoms with Gasteiger partial charge in [-0.05, 0) is 37.8 Å². The summed E-state index contributed by atoms with van der Waals surface area (Å²) in [4.78, 5) is 30.6. The molecule has 1 saturated heterocycles. The molecular weight excluding hydrogens is 306 g/mol. The standard InChI is InChI=1S/C17H25N5O2/c18-15-8-7-14(10-19-15)20-16(23)12-4-3-9-22(11-12)17(24)21-13-5-1-2-6-13/h7-8,10,12-13H,1-6,9,11H2,(H2,18,19)(H,20,23)(H,21,24). The maximum atomic E-state index is 12.4. The van der Waals surface area contributed by atoms with Crippen molar-refractivity contribution in [2.45, 2.75) is 44.6 Å². The number of anilines is 2. The van der Waals surface area contributed by atoms with Crippen LogP contribution < -0.4 is 16.4 Å². The van der Waals surface area contributed by atoms with Crippen LogP contribution in [0.3, 0.4) is 0 Å². The molecule has 1 saturated carbocycles. The quantitative estimate of drug-likeness (QED) is 0.788. The second-order valence-electron chi connectivity index (χ2n) is 6.68. The van der Waals surface area contributed by atoms with Crippen molar-refractivity contribution in [3.05, 3.63) is 18.3 Å². The number of rotatable bonds is 3. The topological polar surface area (TPSA) is 100 Å². The van der Waals surface area contributed by atoms with Gasteiger partial charge in [0.25, 0.3) is 0 Å². The van der Waals surface area contributed by atoms with E-state index in [-0.39, 0.29) is 17.9 Å². The summed E-state index contributed by atoms with van der Waals surface area (Å²) in [6.45, 7) is 1.18. The number of nitrogen functional groups attached to an aromatic ring is 1. The average Bonchev–Trinajstić information content (AvgIpc) is 3.10. The minimum Gasteiger partial charge on any atom is -0.384 e. The van der Waals surface area contributed by atoms with Gasteiger partial charge >= 0.3 is 6.03 Å². The second kappa shape index (κ2) is 7.51. The molecule has 2 heterocycles. The summed E-state index contributed by atoms with van der Waals surface area (Å²) in [5.41, 5.74) is 6.17. The van der Waals surface area contributed by atoms with Gasteiger partial charge in [-0.25, -0.2) is 9.78 Å². The molecule has 1 unspecified atom stereocenters. The summed E-state index contributed by atoms with van der Waals surface area (Å²) < 4.78 is 0. The van der Waals surface area contributed by atoms with E-state index >= 15 is 0 Å². The molecule has 0 aromatic carbocycles. The van der Waals surface area contributed by atoms with Crippen molar-refractivity contribution < 1.29 is 9.59 Å². The van der Waals surface area contributed by atoms with Gasteiger partial charge in [-0.2, -0.15) is 0 Å². The molecule has 3 rings (SSSR count). The molecule has 130 valence electrons. The molecule has 7 heteroatoms. The van der Waals surface area contributed by atoms with Crippen molar-refractivity contribution in [2.24, 2.45) is 5.92 Å². The fraction of sp³-hybridized carbons (Fsp3) is 0.588. The number of hydrogen-bond donors (Lipinski definition) is 3. The minimum atomic E-state index is -0.189. The third-order valence-corrected chi connectivity index (χ3v) is 4.82. The molecule has 1 aromatic heterocycles. The fourth-order valence-electron chi connectivity index (χ4n) is 3.44. The van der Waals surface area contributed by atoms with Gasteiger partial charge < -0.3 is 21.3 Å². The van der Waals surface area contributed by atoms with Crippen molar-refractivity contribution in [1.82, 2.24) is 15.2 Å². The van der Waals surface area contributed by atoms with Crippen molar-refractivity contribution in [2.75, 3.05) is 24.1 Å². The lowest BCUT2D eigenvalue weighted by atomic mass is 9.97. The zero-order chi connectivity index (χ0) is 16.9. The van der Waals surface area contributed by atoms with E-state index in [1.54, 1.807) is 23.2 Å². The largest absolute Gasteiger partial charge is 0.384 e. The molecule has 1 atom stereocenters. The van der Waals surface area contributed by atoms with Crippen LogP contribution in [-0.2, 0) is 4.79 Å². The van der Waals surface area contributed by atoms with Crippen LogP contribution in [0.25, 0.3) is 0 Å². The third-order valence-electron chi connectivity index (χ3n) is 4.82. The number of carbonyl (C=O) groups is 2. The molecule has 0 bridgehead atoms. The Bertz CT molecular complexity index is 583. The fourth-order valence-corrected chi connectivity index (χ4v) is 3.44. The lowest BCUT2D eigenvalue weighted by Gasteiger charge is -2.32. The number of nitrogens with two attached hydrogens (primary N) is 1. The number of pyridine rings is 1. The molecule has 1 aromatic rings. The van der Waals surface area contributed by atoms with Crippen LogP contribution in [0.2, 0.25) is 0 Å². The maximum Gasteiger partial charge on any atom is 0.317 e. The molecular formula is C17H25N5O2. The number of carbonyl (C=O) groups excluding carboxylic acids is 2. The predicted molar refractivity (Wildman–Crippen MR) is 92.4 cm³/mol. The van der Waals surface area contributed by atoms with Crippen LogP contribution in [0.15, 0.2) is 18.3 Å². The Labute approximate surface area is 142 Å². The molecule has 2 fully saturated rings. The Morgan fingerprint density at radius 1 is 1.17 bits per heavy atom. The summed E-state index contributed by atoms with van der Waals surface area (Å²) in [6.07, 6.45) is 7.68. The van der Waals surface area contributed by atoms with E-state index in [0.29, 0.717) is 30.6 Å². The van der Waals surface area contributed by atoms with E-state index in [9.17, 15) is 9.59 Å². The number of nitrogens with one attached hydrogen (secondary N) is 2. The van der Waals surface area contributed by atoms with E-state index in [4.69, 9.17) is 5.73 Å². The number of likely N-dealkylation sites (tertiary alicyclic amines) is 1. The first kappa shape index (κ1) is 16.5. The van der Waals surface area contributed by atoms with Gasteiger partial charge in [-0.15, -0.1) is 0 Å². The highest BCUT2D eigenvalue weighted by Crippen LogP contribution is 2.21. The summed E-state index contributed by atoms with van der Waals surface area (Å²) in [7, 11) is 0. The average molecular weight is 331 g/mol. The van der Waals surface area contributed by atoms with Gasteiger partial charge in [0.1, 0.15) is 5.82 Å². The minimum absolute atomic E-state index is 0.0337. The van der Waals surface area contributed by atoms with Gasteiger partial charge in [0.05, 0.1) is 17.8 Å². The summed E-state index contributed by atoms with van der Waals surface area (Å²) in [6, 6.07) is 3.65. The van der Waals surface area contributed by atoms with Crippen molar-refractivity contribution in [3.63, 3.8) is 0 Å². The number of urea groups is 1. The Morgan fingerprint density at radius 3 is 2.67 bits per heavy atom. The molecule has 24 heavy (non-hydrogen) atoms. The Balaban J connectivity index is 1.53. The number of hydrogen-bond acceptors (Lipinski definition) is 4. The van der Waals surface area contributed by atoms with Crippen molar-refractivity contribution >= 4 is 23.4 Å². The van der Waals surface area contributed by atoms with Crippen LogP contribution in [0.4, 0.5) is 16.3 Å². The molecule has 4 N–H and O–H groups in total. The number of amides is 3. The lowest BCUT2D eigenvalue weighted by molar-refractivity contribution is -0.121. The van der Waals surface area contributed by atoms with Crippen LogP contribution in [-0.4, -0.2) is 41.0 Å². The Morgan fingerprint density at radius 2 is 1.96 bits per heavy atom. The zero-order valence-electron chi connectivity index (χ0n) is 13.8. The van der Waals surface area contributed by atoms with Gasteiger partial charge in [-0.1, -0.05) is 12.8 Å². The van der Waals surface area contributed by atoms with E-state index in [1.165, 1.54) is 12.8 Å². The van der Waals surface area contributed by atoms with Gasteiger partial charge in [0, 0.05) is 19.1 Å². The van der Waals surface area contributed by atoms with Crippen LogP contribution in [0, 0.1) is 5.92 Å². The van der Waals surface area contributed by atoms with Crippen molar-refractivity contribution in [3.8, 4) is 0 Å². The number of piperidine rings is 1. The molecule has 1 aliphatic heterocycles. The van der Waals surface area contributed by atoms with E-state index < -0.39 is 0 Å². The predicted octanol–water partition coefficient (Wildman–Crippen LogP) is 1.97. The van der Waals surface area contributed by atoms with Crippen molar-refractivity contribution in [1.29, 1.82) is 0 Å². The van der Waals surface area contributed by atoms with Crippen LogP contribution in [0.5, 0.6) is 0 Å². The molecule has 0 radical (unpaired) electrons. The summed E-state index contributed by atoms with van der Waals surface area (Å²) >= 11 is 0. The van der Waals surface area contributed by atoms with Crippen LogP contribution >= 0.6 is 0 Å². The first-order valence-electron chi connectivity index (χ1n) is 8.69. The van der Waals surface area contributed by atoms with E-state index in [0.717, 1.165) is 25.7 Å². The second-order valence-corrected chi connectivity index (χ2v) is 6.68. The first-order chi connectivity index (χ1) is 11.6. The van der Waals surface area contributed by atoms with Gasteiger partial charge in [-0.3, -0.25) is 4.79 Å². The van der Waals surface area contributed by atoms with Gasteiger partial charge in [0.15, 0.2) is 0 Å². The molecule has 7 nitrogen and oxygen atoms in total. The highest BCUT2D eigenvalue weighted by atomic mass is 16.2. The smallest absolute Gasteiger partial charge is 0.317 e. The van der Waals surface area contributed by atoms with Gasteiger partial charge in [0.2, 0.25) is 5.91 Å². The monoisotopic (exact) mass is 331 g/mol. The number of aromatic nitrogens is 1. The third kappa shape index (κ3) is 4.15.